The van der Waals surface area contributed by atoms with Crippen LogP contribution in [0.25, 0.3) is 0 Å². The van der Waals surface area contributed by atoms with Gasteiger partial charge in [0.1, 0.15) is 0 Å². The minimum atomic E-state index is 0.264. The van der Waals surface area contributed by atoms with Gasteiger partial charge in [0.2, 0.25) is 0 Å². The Hall–Kier alpha value is -1.18. The molecule has 0 aromatic heterocycles. The molecule has 0 radical (unpaired) electrons. The van der Waals surface area contributed by atoms with Gasteiger partial charge in [0.25, 0.3) is 0 Å². The molecule has 2 aliphatic rings. The van der Waals surface area contributed by atoms with Gasteiger partial charge in [-0.2, -0.15) is 10.2 Å². The molecule has 2 heteroatoms. The molecule has 2 bridgehead atoms. The molecule has 0 spiro atoms. The highest BCUT2D eigenvalue weighted by molar-refractivity contribution is 5.27. The third-order valence-corrected chi connectivity index (χ3v) is 4.04. The summed E-state index contributed by atoms with van der Waals surface area (Å²) in [6.07, 6.45) is 1.17. The summed E-state index contributed by atoms with van der Waals surface area (Å²) in [6, 6.07) is 11.6. The Kier molecular flexibility index (Phi) is 1.76. The van der Waals surface area contributed by atoms with E-state index in [0.29, 0.717) is 18.0 Å². The van der Waals surface area contributed by atoms with Gasteiger partial charge in [0.15, 0.2) is 0 Å². The van der Waals surface area contributed by atoms with Crippen LogP contribution in [0.1, 0.15) is 31.7 Å². The normalized spacial score (nSPS) is 36.0. The molecule has 2 nitrogen and oxygen atoms in total. The van der Waals surface area contributed by atoms with Gasteiger partial charge in [-0.15, -0.1) is 0 Å². The fourth-order valence-electron chi connectivity index (χ4n) is 2.98. The lowest BCUT2D eigenvalue weighted by Crippen LogP contribution is -2.26. The van der Waals surface area contributed by atoms with Gasteiger partial charge in [-0.1, -0.05) is 44.2 Å². The van der Waals surface area contributed by atoms with Gasteiger partial charge >= 0.3 is 0 Å². The van der Waals surface area contributed by atoms with Crippen molar-refractivity contribution < 1.29 is 0 Å². The summed E-state index contributed by atoms with van der Waals surface area (Å²) in [5.74, 6) is 0.587. The van der Waals surface area contributed by atoms with E-state index in [1.807, 2.05) is 0 Å². The lowest BCUT2D eigenvalue weighted by molar-refractivity contribution is 0.337. The second-order valence-corrected chi connectivity index (χ2v) is 5.27. The minimum absolute atomic E-state index is 0.264. The van der Waals surface area contributed by atoms with Gasteiger partial charge < -0.3 is 0 Å². The predicted octanol–water partition coefficient (Wildman–Crippen LogP) is 3.40. The number of benzene rings is 1. The summed E-state index contributed by atoms with van der Waals surface area (Å²) in [5, 5.41) is 8.80. The first-order valence-corrected chi connectivity index (χ1v) is 5.64. The number of nitrogens with zero attached hydrogens (tertiary/aromatic N) is 2. The summed E-state index contributed by atoms with van der Waals surface area (Å²) >= 11 is 0. The summed E-state index contributed by atoms with van der Waals surface area (Å²) in [5.41, 5.74) is 1.69. The standard InChI is InChI=1S/C13H16N2/c1-13(2)11-8-10(12(13)15-14-11)9-6-4-3-5-7-9/h3-7,10-12H,8H2,1-2H3/t10-,11-,12+/m1/s1. The van der Waals surface area contributed by atoms with Crippen LogP contribution in [0.2, 0.25) is 0 Å². The van der Waals surface area contributed by atoms with E-state index in [4.69, 9.17) is 0 Å². The minimum Gasteiger partial charge on any atom is -0.190 e. The van der Waals surface area contributed by atoms with E-state index in [2.05, 4.69) is 54.4 Å². The van der Waals surface area contributed by atoms with E-state index < -0.39 is 0 Å². The van der Waals surface area contributed by atoms with Crippen LogP contribution in [0.5, 0.6) is 0 Å². The first kappa shape index (κ1) is 9.08. The van der Waals surface area contributed by atoms with Crippen LogP contribution in [0.15, 0.2) is 40.6 Å². The van der Waals surface area contributed by atoms with E-state index >= 15 is 0 Å². The molecule has 1 fully saturated rings. The highest BCUT2D eigenvalue weighted by Crippen LogP contribution is 2.53. The highest BCUT2D eigenvalue weighted by Gasteiger charge is 2.53. The van der Waals surface area contributed by atoms with Crippen LogP contribution in [0.3, 0.4) is 0 Å². The van der Waals surface area contributed by atoms with Crippen molar-refractivity contribution >= 4 is 0 Å². The number of hydrogen-bond acceptors (Lipinski definition) is 2. The average Bonchev–Trinajstić information content (AvgIpc) is 2.69. The Morgan fingerprint density at radius 1 is 1.13 bits per heavy atom. The SMILES string of the molecule is CC1(C)[C@H]2C[C@H](c3ccccc3)[C@@H]1N=N2. The van der Waals surface area contributed by atoms with Crippen molar-refractivity contribution in [2.24, 2.45) is 15.6 Å². The lowest BCUT2D eigenvalue weighted by Gasteiger charge is -2.22. The smallest absolute Gasteiger partial charge is 0.0849 e. The predicted molar refractivity (Wildman–Crippen MR) is 60.0 cm³/mol. The van der Waals surface area contributed by atoms with Crippen molar-refractivity contribution in [3.8, 4) is 0 Å². The van der Waals surface area contributed by atoms with Crippen molar-refractivity contribution in [1.82, 2.24) is 0 Å². The third-order valence-electron chi connectivity index (χ3n) is 4.04. The second kappa shape index (κ2) is 2.91. The van der Waals surface area contributed by atoms with E-state index in [1.54, 1.807) is 0 Å². The van der Waals surface area contributed by atoms with Gasteiger partial charge in [0, 0.05) is 11.3 Å². The molecular weight excluding hydrogens is 184 g/mol. The van der Waals surface area contributed by atoms with Crippen LogP contribution in [-0.4, -0.2) is 12.1 Å². The Bertz CT molecular complexity index is 394. The monoisotopic (exact) mass is 200 g/mol. The highest BCUT2D eigenvalue weighted by atomic mass is 15.2. The van der Waals surface area contributed by atoms with E-state index in [9.17, 15) is 0 Å². The Morgan fingerprint density at radius 2 is 1.87 bits per heavy atom. The lowest BCUT2D eigenvalue weighted by atomic mass is 9.83. The zero-order valence-corrected chi connectivity index (χ0v) is 9.22. The summed E-state index contributed by atoms with van der Waals surface area (Å²) in [4.78, 5) is 0. The number of fused-ring (bicyclic) bond motifs is 2. The first-order valence-electron chi connectivity index (χ1n) is 5.64. The van der Waals surface area contributed by atoms with Gasteiger partial charge in [-0.3, -0.25) is 0 Å². The summed E-state index contributed by atoms with van der Waals surface area (Å²) in [7, 11) is 0. The molecule has 1 aromatic carbocycles. The van der Waals surface area contributed by atoms with Crippen molar-refractivity contribution in [1.29, 1.82) is 0 Å². The Morgan fingerprint density at radius 3 is 2.40 bits per heavy atom. The number of azo groups is 1. The second-order valence-electron chi connectivity index (χ2n) is 5.27. The first-order chi connectivity index (χ1) is 7.19. The third kappa shape index (κ3) is 1.17. The molecule has 0 unspecified atom stereocenters. The zero-order chi connectivity index (χ0) is 10.5. The van der Waals surface area contributed by atoms with Crippen molar-refractivity contribution in [2.45, 2.75) is 38.3 Å². The van der Waals surface area contributed by atoms with Crippen molar-refractivity contribution in [3.05, 3.63) is 35.9 Å². The van der Waals surface area contributed by atoms with Crippen LogP contribution in [0, 0.1) is 5.41 Å². The van der Waals surface area contributed by atoms with Crippen LogP contribution in [-0.2, 0) is 0 Å². The molecule has 0 N–H and O–H groups in total. The maximum absolute atomic E-state index is 4.44. The molecule has 78 valence electrons. The molecule has 1 aromatic rings. The molecule has 3 rings (SSSR count). The average molecular weight is 200 g/mol. The fraction of sp³-hybridized carbons (Fsp3) is 0.538. The Labute approximate surface area is 90.4 Å². The van der Waals surface area contributed by atoms with Crippen LogP contribution in [0.4, 0.5) is 0 Å². The molecule has 15 heavy (non-hydrogen) atoms. The van der Waals surface area contributed by atoms with Crippen molar-refractivity contribution in [3.63, 3.8) is 0 Å². The molecule has 1 heterocycles. The van der Waals surface area contributed by atoms with E-state index in [-0.39, 0.29) is 5.41 Å². The zero-order valence-electron chi connectivity index (χ0n) is 9.22. The van der Waals surface area contributed by atoms with Gasteiger partial charge in [-0.25, -0.2) is 0 Å². The number of hydrogen-bond donors (Lipinski definition) is 0. The van der Waals surface area contributed by atoms with Gasteiger partial charge in [0.05, 0.1) is 12.1 Å². The molecular formula is C13H16N2. The van der Waals surface area contributed by atoms with Crippen LogP contribution < -0.4 is 0 Å². The maximum Gasteiger partial charge on any atom is 0.0849 e. The molecule has 1 aliphatic carbocycles. The van der Waals surface area contributed by atoms with Crippen molar-refractivity contribution in [2.75, 3.05) is 0 Å². The van der Waals surface area contributed by atoms with Crippen LogP contribution >= 0.6 is 0 Å². The van der Waals surface area contributed by atoms with E-state index in [1.165, 1.54) is 12.0 Å². The topological polar surface area (TPSA) is 24.7 Å². The van der Waals surface area contributed by atoms with Gasteiger partial charge in [-0.05, 0) is 12.0 Å². The molecule has 1 aliphatic heterocycles. The van der Waals surface area contributed by atoms with E-state index in [0.717, 1.165) is 0 Å². The largest absolute Gasteiger partial charge is 0.190 e. The quantitative estimate of drug-likeness (QED) is 0.663. The number of rotatable bonds is 1. The molecule has 3 atom stereocenters. The molecule has 0 amide bonds. The fourth-order valence-corrected chi connectivity index (χ4v) is 2.98. The summed E-state index contributed by atoms with van der Waals surface area (Å²) < 4.78 is 0. The summed E-state index contributed by atoms with van der Waals surface area (Å²) in [6.45, 7) is 4.59. The molecule has 0 saturated heterocycles. The maximum atomic E-state index is 4.44. The Balaban J connectivity index is 1.96. The molecule has 1 saturated carbocycles.